The molecule has 3 aromatic rings. The van der Waals surface area contributed by atoms with Crippen molar-refractivity contribution in [1.82, 2.24) is 4.98 Å². The van der Waals surface area contributed by atoms with Gasteiger partial charge in [-0.15, -0.1) is 0 Å². The first-order valence-electron chi connectivity index (χ1n) is 7.24. The molecule has 3 rings (SSSR count). The van der Waals surface area contributed by atoms with Gasteiger partial charge in [0, 0.05) is 23.1 Å². The Morgan fingerprint density at radius 3 is 2.56 bits per heavy atom. The van der Waals surface area contributed by atoms with Gasteiger partial charge in [0.05, 0.1) is 21.7 Å². The second-order valence-corrected chi connectivity index (χ2v) is 5.22. The molecule has 0 spiro atoms. The standard InChI is InChI=1S/C17H13N5O3/c18-17(19)21-16(23)13-9-15(20-14-7-2-1-6-12(13)14)10-4-3-5-11(8-10)22(24)25/h1-9H,(H4,18,19,21,23). The third-order valence-corrected chi connectivity index (χ3v) is 3.53. The minimum Gasteiger partial charge on any atom is -0.370 e. The number of pyridine rings is 1. The highest BCUT2D eigenvalue weighted by molar-refractivity contribution is 6.10. The Hall–Kier alpha value is -3.81. The van der Waals surface area contributed by atoms with Crippen molar-refractivity contribution in [3.05, 3.63) is 70.3 Å². The summed E-state index contributed by atoms with van der Waals surface area (Å²) in [6, 6.07) is 14.6. The summed E-state index contributed by atoms with van der Waals surface area (Å²) >= 11 is 0. The van der Waals surface area contributed by atoms with Gasteiger partial charge < -0.3 is 11.5 Å². The third kappa shape index (κ3) is 3.27. The van der Waals surface area contributed by atoms with E-state index in [-0.39, 0.29) is 17.2 Å². The van der Waals surface area contributed by atoms with Crippen LogP contribution in [-0.2, 0) is 0 Å². The zero-order valence-electron chi connectivity index (χ0n) is 12.9. The van der Waals surface area contributed by atoms with Crippen LogP contribution < -0.4 is 11.5 Å². The molecule has 4 N–H and O–H groups in total. The van der Waals surface area contributed by atoms with Crippen molar-refractivity contribution in [1.29, 1.82) is 0 Å². The number of nitro groups is 1. The normalized spacial score (nSPS) is 10.4. The van der Waals surface area contributed by atoms with Gasteiger partial charge in [-0.1, -0.05) is 30.3 Å². The maximum Gasteiger partial charge on any atom is 0.280 e. The van der Waals surface area contributed by atoms with E-state index in [1.807, 2.05) is 0 Å². The quantitative estimate of drug-likeness (QED) is 0.326. The molecule has 0 fully saturated rings. The van der Waals surface area contributed by atoms with Crippen LogP contribution in [0, 0.1) is 10.1 Å². The van der Waals surface area contributed by atoms with Gasteiger partial charge in [0.25, 0.3) is 11.6 Å². The maximum atomic E-state index is 12.3. The van der Waals surface area contributed by atoms with Crippen LogP contribution in [-0.4, -0.2) is 21.8 Å². The van der Waals surface area contributed by atoms with Gasteiger partial charge in [0.15, 0.2) is 5.96 Å². The highest BCUT2D eigenvalue weighted by atomic mass is 16.6. The van der Waals surface area contributed by atoms with E-state index in [0.29, 0.717) is 22.2 Å². The Morgan fingerprint density at radius 2 is 1.84 bits per heavy atom. The fourth-order valence-electron chi connectivity index (χ4n) is 2.46. The molecule has 0 atom stereocenters. The number of nitro benzene ring substituents is 1. The Labute approximate surface area is 142 Å². The monoisotopic (exact) mass is 335 g/mol. The van der Waals surface area contributed by atoms with E-state index < -0.39 is 10.8 Å². The molecule has 1 aromatic heterocycles. The van der Waals surface area contributed by atoms with Gasteiger partial charge in [0.1, 0.15) is 0 Å². The number of rotatable bonds is 3. The first kappa shape index (κ1) is 16.1. The molecule has 0 aliphatic carbocycles. The molecular weight excluding hydrogens is 322 g/mol. The van der Waals surface area contributed by atoms with E-state index in [9.17, 15) is 14.9 Å². The van der Waals surface area contributed by atoms with Gasteiger partial charge in [-0.25, -0.2) is 4.98 Å². The molecule has 1 heterocycles. The lowest BCUT2D eigenvalue weighted by atomic mass is 10.0. The summed E-state index contributed by atoms with van der Waals surface area (Å²) in [5.74, 6) is -0.951. The second-order valence-electron chi connectivity index (χ2n) is 5.22. The summed E-state index contributed by atoms with van der Waals surface area (Å²) in [4.78, 5) is 30.9. The zero-order valence-corrected chi connectivity index (χ0v) is 12.9. The molecule has 0 aliphatic rings. The summed E-state index contributed by atoms with van der Waals surface area (Å²) in [6.07, 6.45) is 0. The van der Waals surface area contributed by atoms with Crippen LogP contribution in [0.25, 0.3) is 22.2 Å². The van der Waals surface area contributed by atoms with Crippen molar-refractivity contribution < 1.29 is 9.72 Å². The van der Waals surface area contributed by atoms with E-state index in [2.05, 4.69) is 9.98 Å². The number of carbonyl (C=O) groups is 1. The first-order chi connectivity index (χ1) is 12.0. The van der Waals surface area contributed by atoms with Crippen molar-refractivity contribution in [3.8, 4) is 11.3 Å². The van der Waals surface area contributed by atoms with Crippen LogP contribution in [0.2, 0.25) is 0 Å². The molecule has 124 valence electrons. The van der Waals surface area contributed by atoms with Crippen LogP contribution in [0.1, 0.15) is 10.4 Å². The third-order valence-electron chi connectivity index (χ3n) is 3.53. The number of hydrogen-bond acceptors (Lipinski definition) is 4. The number of nitrogens with zero attached hydrogens (tertiary/aromatic N) is 3. The van der Waals surface area contributed by atoms with Gasteiger partial charge in [-0.2, -0.15) is 4.99 Å². The van der Waals surface area contributed by atoms with Gasteiger partial charge in [-0.05, 0) is 12.1 Å². The molecule has 25 heavy (non-hydrogen) atoms. The molecule has 0 saturated heterocycles. The number of guanidine groups is 1. The number of aromatic nitrogens is 1. The van der Waals surface area contributed by atoms with Crippen molar-refractivity contribution in [3.63, 3.8) is 0 Å². The van der Waals surface area contributed by atoms with E-state index in [0.717, 1.165) is 0 Å². The molecule has 0 saturated carbocycles. The maximum absolute atomic E-state index is 12.3. The molecule has 8 heteroatoms. The van der Waals surface area contributed by atoms with Crippen molar-refractivity contribution in [2.45, 2.75) is 0 Å². The zero-order chi connectivity index (χ0) is 18.0. The molecule has 2 aromatic carbocycles. The Balaban J connectivity index is 2.24. The van der Waals surface area contributed by atoms with Crippen LogP contribution in [0.4, 0.5) is 5.69 Å². The fourth-order valence-corrected chi connectivity index (χ4v) is 2.46. The summed E-state index contributed by atoms with van der Waals surface area (Å²) in [5, 5.41) is 11.6. The molecule has 0 radical (unpaired) electrons. The smallest absolute Gasteiger partial charge is 0.280 e. The first-order valence-corrected chi connectivity index (χ1v) is 7.24. The molecule has 0 bridgehead atoms. The van der Waals surface area contributed by atoms with Gasteiger partial charge in [0.2, 0.25) is 0 Å². The lowest BCUT2D eigenvalue weighted by Crippen LogP contribution is -2.24. The predicted octanol–water partition coefficient (Wildman–Crippen LogP) is 2.22. The lowest BCUT2D eigenvalue weighted by molar-refractivity contribution is -0.384. The number of fused-ring (bicyclic) bond motifs is 1. The molecule has 0 aliphatic heterocycles. The fraction of sp³-hybridized carbons (Fsp3) is 0. The highest BCUT2D eigenvalue weighted by Crippen LogP contribution is 2.27. The van der Waals surface area contributed by atoms with Gasteiger partial charge in [-0.3, -0.25) is 14.9 Å². The second kappa shape index (κ2) is 6.36. The summed E-state index contributed by atoms with van der Waals surface area (Å²) in [7, 11) is 0. The summed E-state index contributed by atoms with van der Waals surface area (Å²) in [5.41, 5.74) is 12.3. The molecule has 1 amide bonds. The van der Waals surface area contributed by atoms with Crippen molar-refractivity contribution >= 4 is 28.5 Å². The largest absolute Gasteiger partial charge is 0.370 e. The summed E-state index contributed by atoms with van der Waals surface area (Å²) < 4.78 is 0. The van der Waals surface area contributed by atoms with Gasteiger partial charge >= 0.3 is 0 Å². The lowest BCUT2D eigenvalue weighted by Gasteiger charge is -2.08. The molecule has 8 nitrogen and oxygen atoms in total. The topological polar surface area (TPSA) is 138 Å². The number of non-ortho nitro benzene ring substituents is 1. The Bertz CT molecular complexity index is 1030. The van der Waals surface area contributed by atoms with E-state index in [1.165, 1.54) is 18.2 Å². The predicted molar refractivity (Wildman–Crippen MR) is 94.0 cm³/mol. The number of carbonyl (C=O) groups excluding carboxylic acids is 1. The van der Waals surface area contributed by atoms with Crippen LogP contribution in [0.5, 0.6) is 0 Å². The Kier molecular flexibility index (Phi) is 4.09. The van der Waals surface area contributed by atoms with E-state index in [4.69, 9.17) is 11.5 Å². The average molecular weight is 335 g/mol. The molecular formula is C17H13N5O3. The van der Waals surface area contributed by atoms with Crippen molar-refractivity contribution in [2.75, 3.05) is 0 Å². The van der Waals surface area contributed by atoms with Crippen molar-refractivity contribution in [2.24, 2.45) is 16.5 Å². The number of aliphatic imine (C=N–C) groups is 1. The Morgan fingerprint density at radius 1 is 1.08 bits per heavy atom. The van der Waals surface area contributed by atoms with Crippen LogP contribution in [0.3, 0.4) is 0 Å². The van der Waals surface area contributed by atoms with E-state index >= 15 is 0 Å². The summed E-state index contributed by atoms with van der Waals surface area (Å²) in [6.45, 7) is 0. The number of para-hydroxylation sites is 1. The minimum absolute atomic E-state index is 0.0652. The number of amides is 1. The number of benzene rings is 2. The number of hydrogen-bond donors (Lipinski definition) is 2. The van der Waals surface area contributed by atoms with Crippen LogP contribution in [0.15, 0.2) is 59.6 Å². The number of nitrogens with two attached hydrogens (primary N) is 2. The molecule has 0 unspecified atom stereocenters. The van der Waals surface area contributed by atoms with Crippen LogP contribution >= 0.6 is 0 Å². The van der Waals surface area contributed by atoms with E-state index in [1.54, 1.807) is 36.4 Å². The SMILES string of the molecule is NC(N)=NC(=O)c1cc(-c2cccc([N+](=O)[O-])c2)nc2ccccc12. The minimum atomic E-state index is -0.606. The highest BCUT2D eigenvalue weighted by Gasteiger charge is 2.15. The average Bonchev–Trinajstić information content (AvgIpc) is 2.60.